The van der Waals surface area contributed by atoms with E-state index in [0.717, 1.165) is 22.2 Å². The highest BCUT2D eigenvalue weighted by Crippen LogP contribution is 2.30. The zero-order valence-electron chi connectivity index (χ0n) is 8.36. The lowest BCUT2D eigenvalue weighted by atomic mass is 10.1. The number of hydrogen-bond donors (Lipinski definition) is 4. The summed E-state index contributed by atoms with van der Waals surface area (Å²) in [5, 5.41) is 17.1. The molecule has 0 aliphatic rings. The van der Waals surface area contributed by atoms with E-state index < -0.39 is 0 Å². The largest absolute Gasteiger partial charge is 0.508 e. The van der Waals surface area contributed by atoms with Crippen LogP contribution in [0.5, 0.6) is 5.75 Å². The quantitative estimate of drug-likeness (QED) is 0.498. The van der Waals surface area contributed by atoms with Gasteiger partial charge in [-0.05, 0) is 18.2 Å². The molecule has 2 aromatic heterocycles. The van der Waals surface area contributed by atoms with Gasteiger partial charge in [-0.25, -0.2) is 0 Å². The van der Waals surface area contributed by atoms with E-state index in [2.05, 4.69) is 15.2 Å². The summed E-state index contributed by atoms with van der Waals surface area (Å²) in [6.07, 6.45) is 1.86. The van der Waals surface area contributed by atoms with Gasteiger partial charge in [0.15, 0.2) is 0 Å². The molecule has 0 atom stereocenters. The van der Waals surface area contributed by atoms with E-state index in [1.165, 1.54) is 0 Å². The highest BCUT2D eigenvalue weighted by molar-refractivity contribution is 5.95. The van der Waals surface area contributed by atoms with E-state index in [1.807, 2.05) is 12.3 Å². The van der Waals surface area contributed by atoms with E-state index in [4.69, 9.17) is 5.73 Å². The van der Waals surface area contributed by atoms with Crippen LogP contribution in [0, 0.1) is 0 Å². The van der Waals surface area contributed by atoms with Gasteiger partial charge in [-0.15, -0.1) is 0 Å². The number of anilines is 1. The first kappa shape index (κ1) is 8.84. The lowest BCUT2D eigenvalue weighted by Crippen LogP contribution is -1.81. The van der Waals surface area contributed by atoms with Gasteiger partial charge in [-0.2, -0.15) is 5.10 Å². The molecule has 2 heterocycles. The van der Waals surface area contributed by atoms with Crippen LogP contribution in [0.3, 0.4) is 0 Å². The second kappa shape index (κ2) is 3.03. The average molecular weight is 214 g/mol. The summed E-state index contributed by atoms with van der Waals surface area (Å²) < 4.78 is 0. The average Bonchev–Trinajstić information content (AvgIpc) is 2.83. The minimum absolute atomic E-state index is 0.237. The van der Waals surface area contributed by atoms with E-state index in [-0.39, 0.29) is 5.75 Å². The van der Waals surface area contributed by atoms with Crippen LogP contribution in [0.15, 0.2) is 30.5 Å². The Hall–Kier alpha value is -2.43. The van der Waals surface area contributed by atoms with Crippen molar-refractivity contribution in [1.82, 2.24) is 15.2 Å². The normalized spacial score (nSPS) is 11.0. The van der Waals surface area contributed by atoms with Gasteiger partial charge in [0.25, 0.3) is 0 Å². The first-order chi connectivity index (χ1) is 7.74. The van der Waals surface area contributed by atoms with Crippen LogP contribution in [-0.4, -0.2) is 20.3 Å². The Bertz CT molecular complexity index is 653. The van der Waals surface area contributed by atoms with Crippen LogP contribution in [0.4, 0.5) is 5.82 Å². The molecule has 5 heteroatoms. The van der Waals surface area contributed by atoms with Crippen molar-refractivity contribution >= 4 is 16.7 Å². The molecule has 0 amide bonds. The predicted octanol–water partition coefficient (Wildman–Crippen LogP) is 1.85. The standard InChI is InChI=1S/C11H10N4O/c12-11-4-10(14-15-11)8-5-13-9-2-1-6(16)3-7(8)9/h1-5,13,16H,(H3,12,14,15). The van der Waals surface area contributed by atoms with Crippen molar-refractivity contribution in [3.63, 3.8) is 0 Å². The Kier molecular flexibility index (Phi) is 1.67. The number of aromatic hydroxyl groups is 1. The summed E-state index contributed by atoms with van der Waals surface area (Å²) in [7, 11) is 0. The highest BCUT2D eigenvalue weighted by Gasteiger charge is 2.08. The molecule has 1 aromatic carbocycles. The molecular formula is C11H10N4O. The van der Waals surface area contributed by atoms with Crippen molar-refractivity contribution < 1.29 is 5.11 Å². The molecule has 0 radical (unpaired) electrons. The summed E-state index contributed by atoms with van der Waals surface area (Å²) in [5.41, 5.74) is 8.28. The number of aromatic amines is 2. The van der Waals surface area contributed by atoms with Gasteiger partial charge < -0.3 is 15.8 Å². The smallest absolute Gasteiger partial charge is 0.145 e. The fourth-order valence-corrected chi connectivity index (χ4v) is 1.81. The van der Waals surface area contributed by atoms with Crippen molar-refractivity contribution in [2.45, 2.75) is 0 Å². The second-order valence-corrected chi connectivity index (χ2v) is 3.64. The number of benzene rings is 1. The Morgan fingerprint density at radius 2 is 2.12 bits per heavy atom. The summed E-state index contributed by atoms with van der Waals surface area (Å²) in [6.45, 7) is 0. The van der Waals surface area contributed by atoms with Gasteiger partial charge in [-0.1, -0.05) is 0 Å². The van der Waals surface area contributed by atoms with Gasteiger partial charge in [0, 0.05) is 28.7 Å². The SMILES string of the molecule is Nc1cc(-c2c[nH]c3ccc(O)cc23)[nH]n1. The van der Waals surface area contributed by atoms with Crippen LogP contribution < -0.4 is 5.73 Å². The topological polar surface area (TPSA) is 90.7 Å². The van der Waals surface area contributed by atoms with Gasteiger partial charge in [-0.3, -0.25) is 5.10 Å². The molecule has 5 N–H and O–H groups in total. The number of nitrogen functional groups attached to an aromatic ring is 1. The molecule has 0 aliphatic heterocycles. The second-order valence-electron chi connectivity index (χ2n) is 3.64. The maximum absolute atomic E-state index is 9.46. The minimum Gasteiger partial charge on any atom is -0.508 e. The third-order valence-electron chi connectivity index (χ3n) is 2.55. The number of phenolic OH excluding ortho intramolecular Hbond substituents is 1. The van der Waals surface area contributed by atoms with Gasteiger partial charge in [0.2, 0.25) is 0 Å². The highest BCUT2D eigenvalue weighted by atomic mass is 16.3. The molecule has 5 nitrogen and oxygen atoms in total. The Morgan fingerprint density at radius 3 is 2.88 bits per heavy atom. The Labute approximate surface area is 90.9 Å². The summed E-state index contributed by atoms with van der Waals surface area (Å²) in [5.74, 6) is 0.686. The monoisotopic (exact) mass is 214 g/mol. The number of nitrogens with two attached hydrogens (primary N) is 1. The molecule has 0 saturated carbocycles. The van der Waals surface area contributed by atoms with Crippen molar-refractivity contribution in [3.8, 4) is 17.0 Å². The number of nitrogens with one attached hydrogen (secondary N) is 2. The predicted molar refractivity (Wildman–Crippen MR) is 62.0 cm³/mol. The third-order valence-corrected chi connectivity index (χ3v) is 2.55. The van der Waals surface area contributed by atoms with Gasteiger partial charge in [0.05, 0.1) is 5.69 Å². The minimum atomic E-state index is 0.237. The number of fused-ring (bicyclic) bond motifs is 1. The van der Waals surface area contributed by atoms with E-state index in [0.29, 0.717) is 5.82 Å². The first-order valence-corrected chi connectivity index (χ1v) is 4.85. The van der Waals surface area contributed by atoms with E-state index >= 15 is 0 Å². The lowest BCUT2D eigenvalue weighted by molar-refractivity contribution is 0.476. The molecular weight excluding hydrogens is 204 g/mol. The summed E-state index contributed by atoms with van der Waals surface area (Å²) in [4.78, 5) is 3.12. The van der Waals surface area contributed by atoms with E-state index in [9.17, 15) is 5.11 Å². The number of aromatic nitrogens is 3. The van der Waals surface area contributed by atoms with Crippen LogP contribution >= 0.6 is 0 Å². The molecule has 0 saturated heterocycles. The number of nitrogens with zero attached hydrogens (tertiary/aromatic N) is 1. The zero-order chi connectivity index (χ0) is 11.1. The van der Waals surface area contributed by atoms with Gasteiger partial charge >= 0.3 is 0 Å². The van der Waals surface area contributed by atoms with Gasteiger partial charge in [0.1, 0.15) is 11.6 Å². The number of phenols is 1. The molecule has 80 valence electrons. The first-order valence-electron chi connectivity index (χ1n) is 4.85. The van der Waals surface area contributed by atoms with Crippen LogP contribution in [-0.2, 0) is 0 Å². The maximum atomic E-state index is 9.46. The van der Waals surface area contributed by atoms with Crippen molar-refractivity contribution in [1.29, 1.82) is 0 Å². The van der Waals surface area contributed by atoms with Crippen molar-refractivity contribution in [2.24, 2.45) is 0 Å². The molecule has 0 aliphatic carbocycles. The van der Waals surface area contributed by atoms with Crippen LogP contribution in [0.25, 0.3) is 22.2 Å². The molecule has 0 unspecified atom stereocenters. The van der Waals surface area contributed by atoms with E-state index in [1.54, 1.807) is 18.2 Å². The number of rotatable bonds is 1. The van der Waals surface area contributed by atoms with Crippen LogP contribution in [0.2, 0.25) is 0 Å². The van der Waals surface area contributed by atoms with Crippen LogP contribution in [0.1, 0.15) is 0 Å². The fourth-order valence-electron chi connectivity index (χ4n) is 1.81. The summed E-state index contributed by atoms with van der Waals surface area (Å²) in [6, 6.07) is 6.93. The molecule has 0 fully saturated rings. The maximum Gasteiger partial charge on any atom is 0.145 e. The van der Waals surface area contributed by atoms with Crippen molar-refractivity contribution in [3.05, 3.63) is 30.5 Å². The molecule has 3 aromatic rings. The molecule has 3 rings (SSSR count). The Balaban J connectivity index is 2.27. The zero-order valence-corrected chi connectivity index (χ0v) is 8.36. The third kappa shape index (κ3) is 1.22. The lowest BCUT2D eigenvalue weighted by Gasteiger charge is -1.95. The fraction of sp³-hybridized carbons (Fsp3) is 0. The molecule has 0 spiro atoms. The number of H-pyrrole nitrogens is 2. The molecule has 0 bridgehead atoms. The Morgan fingerprint density at radius 1 is 1.25 bits per heavy atom. The summed E-state index contributed by atoms with van der Waals surface area (Å²) >= 11 is 0. The molecule has 16 heavy (non-hydrogen) atoms. The number of hydrogen-bond acceptors (Lipinski definition) is 3. The van der Waals surface area contributed by atoms with Crippen molar-refractivity contribution in [2.75, 3.05) is 5.73 Å².